The average Bonchev–Trinajstić information content (AvgIpc) is 2.96. The van der Waals surface area contributed by atoms with Crippen LogP contribution in [0.5, 0.6) is 0 Å². The number of benzene rings is 1. The molecule has 0 radical (unpaired) electrons. The zero-order chi connectivity index (χ0) is 18.0. The summed E-state index contributed by atoms with van der Waals surface area (Å²) in [6, 6.07) is 7.40. The van der Waals surface area contributed by atoms with Gasteiger partial charge in [-0.3, -0.25) is 4.79 Å². The minimum atomic E-state index is -0.0413. The average molecular weight is 332 g/mol. The molecule has 0 unspecified atom stereocenters. The van der Waals surface area contributed by atoms with Gasteiger partial charge in [0.05, 0.1) is 10.9 Å². The smallest absolute Gasteiger partial charge is 0.163 e. The summed E-state index contributed by atoms with van der Waals surface area (Å²) in [5.74, 6) is 6.70. The van der Waals surface area contributed by atoms with Gasteiger partial charge in [0.1, 0.15) is 17.8 Å². The first-order valence-electron chi connectivity index (χ1n) is 8.06. The van der Waals surface area contributed by atoms with Gasteiger partial charge in [-0.1, -0.05) is 44.7 Å². The Bertz CT molecular complexity index is 1000. The van der Waals surface area contributed by atoms with Crippen LogP contribution in [-0.4, -0.2) is 20.7 Å². The van der Waals surface area contributed by atoms with Crippen molar-refractivity contribution in [3.8, 4) is 11.8 Å². The highest BCUT2D eigenvalue weighted by molar-refractivity contribution is 5.96. The number of hydrogen-bond acceptors (Lipinski definition) is 4. The Kier molecular flexibility index (Phi) is 4.28. The van der Waals surface area contributed by atoms with E-state index in [4.69, 9.17) is 5.73 Å². The van der Waals surface area contributed by atoms with Crippen LogP contribution < -0.4 is 5.73 Å². The van der Waals surface area contributed by atoms with E-state index < -0.39 is 0 Å². The predicted molar refractivity (Wildman–Crippen MR) is 99.1 cm³/mol. The van der Waals surface area contributed by atoms with Crippen molar-refractivity contribution in [2.45, 2.75) is 27.2 Å². The van der Waals surface area contributed by atoms with E-state index >= 15 is 0 Å². The third-order valence-electron chi connectivity index (χ3n) is 3.72. The van der Waals surface area contributed by atoms with Gasteiger partial charge in [0.2, 0.25) is 0 Å². The highest BCUT2D eigenvalue weighted by Gasteiger charge is 2.17. The molecule has 1 aromatic carbocycles. The van der Waals surface area contributed by atoms with E-state index in [-0.39, 0.29) is 11.2 Å². The van der Waals surface area contributed by atoms with Crippen molar-refractivity contribution >= 4 is 22.6 Å². The number of aromatic amines is 1. The molecule has 5 nitrogen and oxygen atoms in total. The van der Waals surface area contributed by atoms with Gasteiger partial charge in [0.15, 0.2) is 5.78 Å². The van der Waals surface area contributed by atoms with Crippen molar-refractivity contribution in [1.82, 2.24) is 15.0 Å². The molecule has 0 aliphatic rings. The minimum Gasteiger partial charge on any atom is -0.383 e. The van der Waals surface area contributed by atoms with Crippen molar-refractivity contribution < 1.29 is 4.79 Å². The molecule has 25 heavy (non-hydrogen) atoms. The first kappa shape index (κ1) is 16.7. The largest absolute Gasteiger partial charge is 0.383 e. The lowest BCUT2D eigenvalue weighted by molar-refractivity contribution is 0.0940. The summed E-state index contributed by atoms with van der Waals surface area (Å²) in [6.45, 7) is 6.16. The second kappa shape index (κ2) is 6.40. The van der Waals surface area contributed by atoms with Gasteiger partial charge in [-0.05, 0) is 17.5 Å². The molecule has 0 amide bonds. The molecule has 0 atom stereocenters. The number of aromatic nitrogens is 3. The summed E-state index contributed by atoms with van der Waals surface area (Å²) in [7, 11) is 0. The normalized spacial score (nSPS) is 11.2. The summed E-state index contributed by atoms with van der Waals surface area (Å²) in [4.78, 5) is 23.5. The third-order valence-corrected chi connectivity index (χ3v) is 3.72. The molecular weight excluding hydrogens is 312 g/mol. The van der Waals surface area contributed by atoms with Gasteiger partial charge in [-0.15, -0.1) is 0 Å². The maximum absolute atomic E-state index is 12.4. The van der Waals surface area contributed by atoms with Gasteiger partial charge >= 0.3 is 0 Å². The molecule has 3 N–H and O–H groups in total. The molecule has 0 saturated carbocycles. The van der Waals surface area contributed by atoms with Gasteiger partial charge in [0.25, 0.3) is 0 Å². The molecule has 0 aliphatic carbocycles. The second-order valence-corrected chi connectivity index (χ2v) is 7.18. The Morgan fingerprint density at radius 1 is 1.24 bits per heavy atom. The molecule has 126 valence electrons. The van der Waals surface area contributed by atoms with Crippen LogP contribution in [0.2, 0.25) is 0 Å². The fourth-order valence-corrected chi connectivity index (χ4v) is 2.58. The highest BCUT2D eigenvalue weighted by Crippen LogP contribution is 2.22. The first-order valence-corrected chi connectivity index (χ1v) is 8.06. The number of carbonyl (C=O) groups excluding carboxylic acids is 1. The van der Waals surface area contributed by atoms with Gasteiger partial charge in [0, 0.05) is 23.7 Å². The summed E-state index contributed by atoms with van der Waals surface area (Å²) in [5, 5.41) is 0.718. The molecule has 0 saturated heterocycles. The summed E-state index contributed by atoms with van der Waals surface area (Å²) in [5.41, 5.74) is 8.73. The number of nitrogen functional groups attached to an aromatic ring is 1. The third kappa shape index (κ3) is 3.86. The van der Waals surface area contributed by atoms with E-state index in [9.17, 15) is 4.79 Å². The lowest BCUT2D eigenvalue weighted by Crippen LogP contribution is -2.13. The van der Waals surface area contributed by atoms with Crippen molar-refractivity contribution in [2.24, 2.45) is 5.41 Å². The molecule has 2 heterocycles. The number of H-pyrrole nitrogens is 1. The van der Waals surface area contributed by atoms with Crippen LogP contribution >= 0.6 is 0 Å². The number of Topliss-reactive ketones (excluding diaryl/α,β-unsaturated/α-hetero) is 1. The molecule has 5 heteroatoms. The molecular formula is C20H20N4O. The Balaban J connectivity index is 1.91. The van der Waals surface area contributed by atoms with Crippen LogP contribution in [-0.2, 0) is 0 Å². The molecule has 0 fully saturated rings. The predicted octanol–water partition coefficient (Wildman–Crippen LogP) is 3.56. The molecule has 0 bridgehead atoms. The fraction of sp³-hybridized carbons (Fsp3) is 0.250. The van der Waals surface area contributed by atoms with Crippen LogP contribution in [0.15, 0.2) is 36.8 Å². The topological polar surface area (TPSA) is 84.7 Å². The van der Waals surface area contributed by atoms with Crippen molar-refractivity contribution in [2.75, 3.05) is 5.73 Å². The SMILES string of the molecule is CC(C)(C)CC(=O)c1cccc(C#Cc2c[nH]c3ncnc(N)c23)c1. The fourth-order valence-electron chi connectivity index (χ4n) is 2.58. The van der Waals surface area contributed by atoms with Gasteiger partial charge in [-0.25, -0.2) is 9.97 Å². The second-order valence-electron chi connectivity index (χ2n) is 7.18. The lowest BCUT2D eigenvalue weighted by Gasteiger charge is -2.16. The Labute approximate surface area is 146 Å². The summed E-state index contributed by atoms with van der Waals surface area (Å²) in [6.07, 6.45) is 3.67. The first-order chi connectivity index (χ1) is 11.8. The minimum absolute atomic E-state index is 0.0413. The van der Waals surface area contributed by atoms with Crippen molar-refractivity contribution in [3.63, 3.8) is 0 Å². The zero-order valence-corrected chi connectivity index (χ0v) is 14.6. The van der Waals surface area contributed by atoms with Crippen LogP contribution in [0.4, 0.5) is 5.82 Å². The maximum atomic E-state index is 12.4. The number of nitrogens with zero attached hydrogens (tertiary/aromatic N) is 2. The van der Waals surface area contributed by atoms with E-state index in [1.807, 2.05) is 24.3 Å². The lowest BCUT2D eigenvalue weighted by atomic mass is 9.87. The van der Waals surface area contributed by atoms with E-state index in [0.717, 1.165) is 16.5 Å². The standard InChI is InChI=1S/C20H20N4O/c1-20(2,3)10-16(25)14-6-4-5-13(9-14)7-8-15-11-22-19-17(15)18(21)23-12-24-19/h4-6,9,11-12H,10H2,1-3H3,(H3,21,22,23,24). The number of rotatable bonds is 2. The molecule has 3 aromatic rings. The Hall–Kier alpha value is -3.13. The van der Waals surface area contributed by atoms with Crippen LogP contribution in [0, 0.1) is 17.3 Å². The van der Waals surface area contributed by atoms with Crippen LogP contribution in [0.1, 0.15) is 48.7 Å². The van der Waals surface area contributed by atoms with E-state index in [2.05, 4.69) is 47.6 Å². The summed E-state index contributed by atoms with van der Waals surface area (Å²) >= 11 is 0. The zero-order valence-electron chi connectivity index (χ0n) is 14.6. The van der Waals surface area contributed by atoms with E-state index in [0.29, 0.717) is 23.4 Å². The number of nitrogens with two attached hydrogens (primary N) is 1. The molecule has 0 aliphatic heterocycles. The summed E-state index contributed by atoms with van der Waals surface area (Å²) < 4.78 is 0. The molecule has 3 rings (SSSR count). The Morgan fingerprint density at radius 2 is 2.04 bits per heavy atom. The van der Waals surface area contributed by atoms with Gasteiger partial charge < -0.3 is 10.7 Å². The number of fused-ring (bicyclic) bond motifs is 1. The Morgan fingerprint density at radius 3 is 2.80 bits per heavy atom. The quantitative estimate of drug-likeness (QED) is 0.555. The van der Waals surface area contributed by atoms with Crippen LogP contribution in [0.25, 0.3) is 11.0 Å². The van der Waals surface area contributed by atoms with E-state index in [1.165, 1.54) is 6.33 Å². The number of hydrogen-bond donors (Lipinski definition) is 2. The van der Waals surface area contributed by atoms with Crippen molar-refractivity contribution in [3.05, 3.63) is 53.5 Å². The monoisotopic (exact) mass is 332 g/mol. The van der Waals surface area contributed by atoms with Crippen molar-refractivity contribution in [1.29, 1.82) is 0 Å². The molecule has 2 aromatic heterocycles. The van der Waals surface area contributed by atoms with Crippen LogP contribution in [0.3, 0.4) is 0 Å². The van der Waals surface area contributed by atoms with E-state index in [1.54, 1.807) is 6.20 Å². The number of nitrogens with one attached hydrogen (secondary N) is 1. The number of ketones is 1. The number of carbonyl (C=O) groups is 1. The highest BCUT2D eigenvalue weighted by atomic mass is 16.1. The number of anilines is 1. The molecule has 0 spiro atoms. The van der Waals surface area contributed by atoms with Gasteiger partial charge in [-0.2, -0.15) is 0 Å². The maximum Gasteiger partial charge on any atom is 0.163 e.